The van der Waals surface area contributed by atoms with Crippen LogP contribution >= 0.6 is 11.6 Å². The minimum atomic E-state index is -4.16. The summed E-state index contributed by atoms with van der Waals surface area (Å²) < 4.78 is 38.2. The van der Waals surface area contributed by atoms with E-state index in [0.717, 1.165) is 9.87 Å². The van der Waals surface area contributed by atoms with Gasteiger partial charge in [-0.05, 0) is 29.8 Å². The summed E-state index contributed by atoms with van der Waals surface area (Å²) in [5, 5.41) is 0.571. The molecule has 0 radical (unpaired) electrons. The van der Waals surface area contributed by atoms with Gasteiger partial charge in [-0.25, -0.2) is 13.2 Å². The van der Waals surface area contributed by atoms with E-state index in [4.69, 9.17) is 21.1 Å². The number of ether oxygens (including phenoxy) is 2. The molecule has 2 amide bonds. The lowest BCUT2D eigenvalue weighted by atomic mass is 10.2. The summed E-state index contributed by atoms with van der Waals surface area (Å²) in [5.41, 5.74) is 1.24. The average Bonchev–Trinajstić information content (AvgIpc) is 2.77. The van der Waals surface area contributed by atoms with Crippen LogP contribution in [0.4, 0.5) is 16.2 Å². The molecule has 0 atom stereocenters. The van der Waals surface area contributed by atoms with Crippen LogP contribution in [0.3, 0.4) is 0 Å². The highest BCUT2D eigenvalue weighted by Gasteiger charge is 2.42. The lowest BCUT2D eigenvalue weighted by Gasteiger charge is -2.36. The molecule has 1 heterocycles. The number of hydrogen-bond donors (Lipinski definition) is 0. The summed E-state index contributed by atoms with van der Waals surface area (Å²) in [7, 11) is -1.25. The van der Waals surface area contributed by atoms with Crippen LogP contribution in [-0.2, 0) is 16.6 Å². The number of benzene rings is 3. The molecule has 0 spiro atoms. The van der Waals surface area contributed by atoms with Crippen molar-refractivity contribution < 1.29 is 22.7 Å². The Balaban J connectivity index is 1.87. The number of methoxy groups -OCH3 is 2. The zero-order valence-corrected chi connectivity index (χ0v) is 18.4. The van der Waals surface area contributed by atoms with E-state index >= 15 is 0 Å². The van der Waals surface area contributed by atoms with Gasteiger partial charge >= 0.3 is 6.03 Å². The Morgan fingerprint density at radius 1 is 0.903 bits per heavy atom. The van der Waals surface area contributed by atoms with Crippen molar-refractivity contribution in [2.75, 3.05) is 23.4 Å². The molecule has 0 bridgehead atoms. The van der Waals surface area contributed by atoms with E-state index in [2.05, 4.69) is 0 Å². The number of anilines is 2. The number of hydrogen-bond acceptors (Lipinski definition) is 5. The lowest BCUT2D eigenvalue weighted by Crippen LogP contribution is -2.50. The molecule has 9 heteroatoms. The number of rotatable bonds is 5. The largest absolute Gasteiger partial charge is 0.497 e. The zero-order valence-electron chi connectivity index (χ0n) is 16.8. The highest BCUT2D eigenvalue weighted by Crippen LogP contribution is 2.40. The molecule has 160 valence electrons. The number of fused-ring (bicyclic) bond motifs is 1. The Morgan fingerprint density at radius 3 is 2.13 bits per heavy atom. The van der Waals surface area contributed by atoms with Crippen molar-refractivity contribution in [2.24, 2.45) is 0 Å². The van der Waals surface area contributed by atoms with Gasteiger partial charge in [0.05, 0.1) is 32.1 Å². The maximum atomic E-state index is 13.5. The molecule has 1 aliphatic rings. The van der Waals surface area contributed by atoms with Crippen molar-refractivity contribution in [3.05, 3.63) is 77.3 Å². The van der Waals surface area contributed by atoms with Crippen molar-refractivity contribution in [3.63, 3.8) is 0 Å². The fourth-order valence-electron chi connectivity index (χ4n) is 3.40. The van der Waals surface area contributed by atoms with Gasteiger partial charge in [-0.15, -0.1) is 0 Å². The molecule has 0 N–H and O–H groups in total. The second-order valence-corrected chi connectivity index (χ2v) is 8.99. The van der Waals surface area contributed by atoms with Crippen LogP contribution < -0.4 is 18.7 Å². The molecule has 0 saturated carbocycles. The monoisotopic (exact) mass is 458 g/mol. The minimum Gasteiger partial charge on any atom is -0.497 e. The number of sulfonamides is 1. The standard InChI is InChI=1S/C22H19ClN2O5S/c1-29-18-11-17(12-19(13-18)30-2)25-22(26)24(14-15-7-9-16(23)10-8-15)20-5-3-4-6-21(20)31(25,27)28/h3-13H,14H2,1-2H3. The Kier molecular flexibility index (Phi) is 5.51. The van der Waals surface area contributed by atoms with Crippen LogP contribution in [0.1, 0.15) is 5.56 Å². The van der Waals surface area contributed by atoms with Crippen LogP contribution in [0, 0.1) is 0 Å². The Morgan fingerprint density at radius 2 is 1.52 bits per heavy atom. The third-order valence-electron chi connectivity index (χ3n) is 4.90. The molecule has 3 aromatic carbocycles. The first-order chi connectivity index (χ1) is 14.8. The van der Waals surface area contributed by atoms with Crippen molar-refractivity contribution in [1.29, 1.82) is 0 Å². The second-order valence-electron chi connectivity index (χ2n) is 6.80. The third-order valence-corrected chi connectivity index (χ3v) is 6.90. The summed E-state index contributed by atoms with van der Waals surface area (Å²) in [6.45, 7) is 0.167. The van der Waals surface area contributed by atoms with Gasteiger partial charge in [-0.2, -0.15) is 4.31 Å². The predicted molar refractivity (Wildman–Crippen MR) is 119 cm³/mol. The van der Waals surface area contributed by atoms with Gasteiger partial charge in [0, 0.05) is 23.2 Å². The van der Waals surface area contributed by atoms with E-state index < -0.39 is 16.1 Å². The smallest absolute Gasteiger partial charge is 0.343 e. The second kappa shape index (κ2) is 8.13. The predicted octanol–water partition coefficient (Wildman–Crippen LogP) is 4.69. The number of para-hydroxylation sites is 1. The van der Waals surface area contributed by atoms with Gasteiger partial charge < -0.3 is 9.47 Å². The Bertz CT molecular complexity index is 1220. The summed E-state index contributed by atoms with van der Waals surface area (Å²) in [5.74, 6) is 0.723. The van der Waals surface area contributed by atoms with Crippen molar-refractivity contribution >= 4 is 39.0 Å². The lowest BCUT2D eigenvalue weighted by molar-refractivity contribution is 0.253. The topological polar surface area (TPSA) is 76.2 Å². The number of urea groups is 1. The Labute approximate surface area is 185 Å². The van der Waals surface area contributed by atoms with Crippen molar-refractivity contribution in [1.82, 2.24) is 0 Å². The first kappa shape index (κ1) is 21.0. The summed E-state index contributed by atoms with van der Waals surface area (Å²) in [6.07, 6.45) is 0. The van der Waals surface area contributed by atoms with Gasteiger partial charge in [0.2, 0.25) is 0 Å². The Hall–Kier alpha value is -3.23. The van der Waals surface area contributed by atoms with E-state index in [0.29, 0.717) is 22.2 Å². The van der Waals surface area contributed by atoms with Gasteiger partial charge in [0.15, 0.2) is 0 Å². The maximum Gasteiger partial charge on any atom is 0.343 e. The maximum absolute atomic E-state index is 13.5. The van der Waals surface area contributed by atoms with Crippen LogP contribution in [-0.4, -0.2) is 28.7 Å². The first-order valence-corrected chi connectivity index (χ1v) is 11.1. The van der Waals surface area contributed by atoms with Gasteiger partial charge in [0.25, 0.3) is 10.0 Å². The normalized spacial score (nSPS) is 14.9. The van der Waals surface area contributed by atoms with Crippen LogP contribution in [0.5, 0.6) is 11.5 Å². The molecule has 0 aliphatic carbocycles. The van der Waals surface area contributed by atoms with E-state index in [1.807, 2.05) is 0 Å². The van der Waals surface area contributed by atoms with Gasteiger partial charge in [-0.1, -0.05) is 35.9 Å². The molecule has 7 nitrogen and oxygen atoms in total. The van der Waals surface area contributed by atoms with E-state index in [-0.39, 0.29) is 17.1 Å². The van der Waals surface area contributed by atoms with E-state index in [1.165, 1.54) is 37.3 Å². The first-order valence-electron chi connectivity index (χ1n) is 9.28. The minimum absolute atomic E-state index is 0.0327. The fraction of sp³-hybridized carbons (Fsp3) is 0.136. The molecule has 31 heavy (non-hydrogen) atoms. The van der Waals surface area contributed by atoms with Crippen molar-refractivity contribution in [2.45, 2.75) is 11.4 Å². The fourth-order valence-corrected chi connectivity index (χ4v) is 5.10. The van der Waals surface area contributed by atoms with Crippen LogP contribution in [0.15, 0.2) is 71.6 Å². The van der Waals surface area contributed by atoms with Gasteiger partial charge in [0.1, 0.15) is 16.4 Å². The number of halogens is 1. The quantitative estimate of drug-likeness (QED) is 0.554. The summed E-state index contributed by atoms with van der Waals surface area (Å²) in [4.78, 5) is 15.0. The highest BCUT2D eigenvalue weighted by molar-refractivity contribution is 7.94. The molecule has 4 rings (SSSR count). The molecule has 3 aromatic rings. The average molecular weight is 459 g/mol. The van der Waals surface area contributed by atoms with Crippen molar-refractivity contribution in [3.8, 4) is 11.5 Å². The number of nitrogens with zero attached hydrogens (tertiary/aromatic N) is 2. The van der Waals surface area contributed by atoms with Gasteiger partial charge in [-0.3, -0.25) is 4.90 Å². The summed E-state index contributed by atoms with van der Waals surface area (Å²) in [6, 6.07) is 17.3. The summed E-state index contributed by atoms with van der Waals surface area (Å²) >= 11 is 5.97. The van der Waals surface area contributed by atoms with Crippen LogP contribution in [0.2, 0.25) is 5.02 Å². The number of carbonyl (C=O) groups is 1. The molecule has 0 unspecified atom stereocenters. The highest BCUT2D eigenvalue weighted by atomic mass is 35.5. The SMILES string of the molecule is COc1cc(OC)cc(N2C(=O)N(Cc3ccc(Cl)cc3)c3ccccc3S2(=O)=O)c1. The number of carbonyl (C=O) groups excluding carboxylic acids is 1. The third kappa shape index (κ3) is 3.80. The molecular weight excluding hydrogens is 440 g/mol. The van der Waals surface area contributed by atoms with E-state index in [9.17, 15) is 13.2 Å². The van der Waals surface area contributed by atoms with Crippen LogP contribution in [0.25, 0.3) is 0 Å². The number of amides is 2. The molecule has 0 aromatic heterocycles. The molecular formula is C22H19ClN2O5S. The molecule has 0 saturated heterocycles. The zero-order chi connectivity index (χ0) is 22.2. The molecule has 1 aliphatic heterocycles. The van der Waals surface area contributed by atoms with E-state index in [1.54, 1.807) is 48.5 Å². The molecule has 0 fully saturated rings.